The summed E-state index contributed by atoms with van der Waals surface area (Å²) >= 11 is 6.11. The molecule has 0 radical (unpaired) electrons. The van der Waals surface area contributed by atoms with E-state index in [9.17, 15) is 22.4 Å². The number of halogens is 5. The van der Waals surface area contributed by atoms with Crippen LogP contribution in [0.25, 0.3) is 10.9 Å². The molecule has 2 amide bonds. The SMILES string of the molecule is O=C(Nc1cnc(C2CC(F)(F)C2)c(Cl)c1)Nc1c[nH]c2cc(F)c(F)cc12. The van der Waals surface area contributed by atoms with Gasteiger partial charge in [-0.05, 0) is 12.1 Å². The third-order valence-electron chi connectivity index (χ3n) is 4.58. The van der Waals surface area contributed by atoms with E-state index in [0.29, 0.717) is 16.6 Å². The lowest BCUT2D eigenvalue weighted by molar-refractivity contribution is -0.0875. The van der Waals surface area contributed by atoms with Gasteiger partial charge in [-0.3, -0.25) is 4.98 Å². The van der Waals surface area contributed by atoms with Crippen LogP contribution in [-0.4, -0.2) is 21.9 Å². The van der Waals surface area contributed by atoms with Gasteiger partial charge >= 0.3 is 6.03 Å². The Kier molecular flexibility index (Phi) is 4.41. The van der Waals surface area contributed by atoms with Gasteiger partial charge in [-0.25, -0.2) is 22.4 Å². The van der Waals surface area contributed by atoms with Crippen molar-refractivity contribution in [3.05, 3.63) is 52.9 Å². The number of fused-ring (bicyclic) bond motifs is 1. The number of carbonyl (C=O) groups is 1. The number of aromatic nitrogens is 2. The second-order valence-electron chi connectivity index (χ2n) is 6.65. The molecule has 28 heavy (non-hydrogen) atoms. The van der Waals surface area contributed by atoms with Crippen LogP contribution in [0.1, 0.15) is 24.5 Å². The molecular formula is C18H13ClF4N4O. The van der Waals surface area contributed by atoms with Crippen molar-refractivity contribution in [1.82, 2.24) is 9.97 Å². The molecule has 0 aliphatic heterocycles. The van der Waals surface area contributed by atoms with Crippen molar-refractivity contribution in [2.75, 3.05) is 10.6 Å². The number of pyridine rings is 1. The zero-order valence-electron chi connectivity index (χ0n) is 14.1. The van der Waals surface area contributed by atoms with Crippen LogP contribution in [0.4, 0.5) is 33.7 Å². The Bertz CT molecular complexity index is 1080. The Morgan fingerprint density at radius 2 is 1.89 bits per heavy atom. The molecule has 0 unspecified atom stereocenters. The lowest BCUT2D eigenvalue weighted by Crippen LogP contribution is -2.34. The van der Waals surface area contributed by atoms with Crippen molar-refractivity contribution in [1.29, 1.82) is 0 Å². The summed E-state index contributed by atoms with van der Waals surface area (Å²) in [4.78, 5) is 19.0. The number of amides is 2. The van der Waals surface area contributed by atoms with Crippen molar-refractivity contribution in [2.45, 2.75) is 24.7 Å². The molecule has 10 heteroatoms. The third-order valence-corrected chi connectivity index (χ3v) is 4.88. The zero-order chi connectivity index (χ0) is 20.1. The maximum atomic E-state index is 13.4. The molecule has 1 fully saturated rings. The van der Waals surface area contributed by atoms with Gasteiger partial charge in [0.05, 0.1) is 33.8 Å². The number of nitrogens with zero attached hydrogens (tertiary/aromatic N) is 1. The Hall–Kier alpha value is -2.81. The molecule has 1 aliphatic carbocycles. The predicted molar refractivity (Wildman–Crippen MR) is 97.0 cm³/mol. The molecule has 1 aromatic carbocycles. The number of urea groups is 1. The number of benzene rings is 1. The number of rotatable bonds is 3. The number of nitrogens with one attached hydrogen (secondary N) is 3. The monoisotopic (exact) mass is 412 g/mol. The minimum absolute atomic E-state index is 0.183. The minimum atomic E-state index is -2.69. The van der Waals surface area contributed by atoms with E-state index in [1.54, 1.807) is 0 Å². The maximum absolute atomic E-state index is 13.4. The van der Waals surface area contributed by atoms with Gasteiger partial charge in [0.2, 0.25) is 5.92 Å². The second-order valence-corrected chi connectivity index (χ2v) is 7.05. The van der Waals surface area contributed by atoms with Crippen LogP contribution in [0.15, 0.2) is 30.6 Å². The van der Waals surface area contributed by atoms with E-state index in [-0.39, 0.29) is 29.2 Å². The van der Waals surface area contributed by atoms with E-state index >= 15 is 0 Å². The molecule has 3 N–H and O–H groups in total. The number of H-pyrrole nitrogens is 1. The first-order valence-corrected chi connectivity index (χ1v) is 8.67. The predicted octanol–water partition coefficient (Wildman–Crippen LogP) is 5.65. The molecule has 5 nitrogen and oxygen atoms in total. The lowest BCUT2D eigenvalue weighted by Gasteiger charge is -2.34. The van der Waals surface area contributed by atoms with E-state index < -0.39 is 29.5 Å². The van der Waals surface area contributed by atoms with Gasteiger partial charge in [-0.2, -0.15) is 0 Å². The molecule has 0 atom stereocenters. The second kappa shape index (κ2) is 6.66. The summed E-state index contributed by atoms with van der Waals surface area (Å²) in [7, 11) is 0. The van der Waals surface area contributed by atoms with Crippen LogP contribution in [-0.2, 0) is 0 Å². The summed E-state index contributed by atoms with van der Waals surface area (Å²) in [5.41, 5.74) is 1.20. The van der Waals surface area contributed by atoms with Crippen molar-refractivity contribution in [3.8, 4) is 0 Å². The molecule has 0 spiro atoms. The largest absolute Gasteiger partial charge is 0.359 e. The normalized spacial score (nSPS) is 16.0. The molecule has 1 saturated carbocycles. The number of alkyl halides is 2. The molecule has 0 saturated heterocycles. The smallest absolute Gasteiger partial charge is 0.323 e. The summed E-state index contributed by atoms with van der Waals surface area (Å²) in [5, 5.41) is 5.49. The van der Waals surface area contributed by atoms with E-state index in [4.69, 9.17) is 11.6 Å². The van der Waals surface area contributed by atoms with Crippen molar-refractivity contribution in [3.63, 3.8) is 0 Å². The molecule has 2 aromatic heterocycles. The number of hydrogen-bond donors (Lipinski definition) is 3. The van der Waals surface area contributed by atoms with Gasteiger partial charge in [0.15, 0.2) is 11.6 Å². The Labute approximate surface area is 161 Å². The van der Waals surface area contributed by atoms with Crippen LogP contribution >= 0.6 is 11.6 Å². The maximum Gasteiger partial charge on any atom is 0.323 e. The molecule has 146 valence electrons. The Morgan fingerprint density at radius 1 is 1.18 bits per heavy atom. The van der Waals surface area contributed by atoms with E-state index in [1.165, 1.54) is 18.5 Å². The van der Waals surface area contributed by atoms with Gasteiger partial charge in [-0.15, -0.1) is 0 Å². The standard InChI is InChI=1S/C18H13ClF4N4O/c19-11-1-9(6-25-16(11)8-4-18(22,23)5-8)26-17(28)27-15-7-24-14-3-13(21)12(20)2-10(14)15/h1-3,6-8,24H,4-5H2,(H2,26,27,28). The van der Waals surface area contributed by atoms with Crippen LogP contribution in [0, 0.1) is 11.6 Å². The van der Waals surface area contributed by atoms with E-state index in [0.717, 1.165) is 12.1 Å². The summed E-state index contributed by atoms with van der Waals surface area (Å²) in [5.74, 6) is -5.14. The van der Waals surface area contributed by atoms with Crippen molar-refractivity contribution < 1.29 is 22.4 Å². The Morgan fingerprint density at radius 3 is 2.57 bits per heavy atom. The molecule has 0 bridgehead atoms. The van der Waals surface area contributed by atoms with Gasteiger partial charge in [0.25, 0.3) is 0 Å². The first kappa shape index (κ1) is 18.5. The highest BCUT2D eigenvalue weighted by molar-refractivity contribution is 6.31. The topological polar surface area (TPSA) is 69.8 Å². The summed E-state index contributed by atoms with van der Waals surface area (Å²) in [6.45, 7) is 0. The highest BCUT2D eigenvalue weighted by Gasteiger charge is 2.47. The van der Waals surface area contributed by atoms with Crippen molar-refractivity contribution in [2.24, 2.45) is 0 Å². The number of aromatic amines is 1. The van der Waals surface area contributed by atoms with Crippen LogP contribution in [0.2, 0.25) is 5.02 Å². The Balaban J connectivity index is 1.46. The average molecular weight is 413 g/mol. The molecule has 2 heterocycles. The fraction of sp³-hybridized carbons (Fsp3) is 0.222. The quantitative estimate of drug-likeness (QED) is 0.486. The summed E-state index contributed by atoms with van der Waals surface area (Å²) in [6.07, 6.45) is 2.12. The van der Waals surface area contributed by atoms with Gasteiger partial charge in [-0.1, -0.05) is 11.6 Å². The van der Waals surface area contributed by atoms with E-state index in [2.05, 4.69) is 20.6 Å². The summed E-state index contributed by atoms with van der Waals surface area (Å²) < 4.78 is 52.7. The number of carbonyl (C=O) groups excluding carboxylic acids is 1. The third kappa shape index (κ3) is 3.49. The first-order chi connectivity index (χ1) is 13.2. The average Bonchev–Trinajstić information content (AvgIpc) is 2.95. The van der Waals surface area contributed by atoms with Gasteiger partial charge in [0.1, 0.15) is 0 Å². The molecule has 3 aromatic rings. The zero-order valence-corrected chi connectivity index (χ0v) is 14.9. The lowest BCUT2D eigenvalue weighted by atomic mass is 9.79. The molecular weight excluding hydrogens is 400 g/mol. The highest BCUT2D eigenvalue weighted by atomic mass is 35.5. The van der Waals surface area contributed by atoms with Crippen LogP contribution in [0.5, 0.6) is 0 Å². The fourth-order valence-electron chi connectivity index (χ4n) is 3.18. The minimum Gasteiger partial charge on any atom is -0.359 e. The van der Waals surface area contributed by atoms with Crippen LogP contribution < -0.4 is 10.6 Å². The summed E-state index contributed by atoms with van der Waals surface area (Å²) in [6, 6.07) is 2.72. The highest BCUT2D eigenvalue weighted by Crippen LogP contribution is 2.49. The first-order valence-electron chi connectivity index (χ1n) is 8.29. The molecule has 4 rings (SSSR count). The molecule has 1 aliphatic rings. The van der Waals surface area contributed by atoms with E-state index in [1.807, 2.05) is 0 Å². The number of anilines is 2. The fourth-order valence-corrected chi connectivity index (χ4v) is 3.50. The van der Waals surface area contributed by atoms with Crippen LogP contribution in [0.3, 0.4) is 0 Å². The van der Waals surface area contributed by atoms with Gasteiger partial charge in [0, 0.05) is 36.4 Å². The van der Waals surface area contributed by atoms with Gasteiger partial charge < -0.3 is 15.6 Å². The van der Waals surface area contributed by atoms with Crippen molar-refractivity contribution >= 4 is 39.9 Å². The number of hydrogen-bond acceptors (Lipinski definition) is 2.